The molecule has 1 saturated heterocycles. The molecule has 1 fully saturated rings. The first-order chi connectivity index (χ1) is 7.29. The number of hydrogen-bond donors (Lipinski definition) is 1. The Morgan fingerprint density at radius 1 is 1.53 bits per heavy atom. The van der Waals surface area contributed by atoms with Crippen LogP contribution in [0, 0.1) is 6.92 Å². The van der Waals surface area contributed by atoms with Gasteiger partial charge in [0.2, 0.25) is 0 Å². The van der Waals surface area contributed by atoms with E-state index in [1.54, 1.807) is 0 Å². The number of hydrogen-bond acceptors (Lipinski definition) is 3. The molecular weight excluding hydrogens is 190 g/mol. The number of ether oxygens (including phenoxy) is 2. The summed E-state index contributed by atoms with van der Waals surface area (Å²) < 4.78 is 11.1. The third-order valence-corrected chi connectivity index (χ3v) is 2.62. The Morgan fingerprint density at radius 2 is 2.40 bits per heavy atom. The summed E-state index contributed by atoms with van der Waals surface area (Å²) in [4.78, 5) is 0. The Balaban J connectivity index is 2.14. The minimum absolute atomic E-state index is 0.192. The average Bonchev–Trinajstić information content (AvgIpc) is 2.71. The van der Waals surface area contributed by atoms with E-state index < -0.39 is 0 Å². The molecule has 1 aliphatic rings. The highest BCUT2D eigenvalue weighted by molar-refractivity contribution is 5.37. The molecular formula is C12H17NO2. The third-order valence-electron chi connectivity index (χ3n) is 2.62. The fraction of sp³-hybridized carbons (Fsp3) is 0.500. The van der Waals surface area contributed by atoms with Crippen molar-refractivity contribution in [3.8, 4) is 5.75 Å². The lowest BCUT2D eigenvalue weighted by molar-refractivity contribution is 0.140. The third kappa shape index (κ3) is 2.49. The largest absolute Gasteiger partial charge is 0.488 e. The molecule has 0 saturated carbocycles. The van der Waals surface area contributed by atoms with Gasteiger partial charge in [-0.25, -0.2) is 0 Å². The van der Waals surface area contributed by atoms with Gasteiger partial charge in [-0.3, -0.25) is 0 Å². The zero-order valence-electron chi connectivity index (χ0n) is 9.03. The monoisotopic (exact) mass is 207 g/mol. The van der Waals surface area contributed by atoms with Crippen LogP contribution in [0.1, 0.15) is 17.5 Å². The molecule has 0 unspecified atom stereocenters. The predicted molar refractivity (Wildman–Crippen MR) is 58.9 cm³/mol. The van der Waals surface area contributed by atoms with Gasteiger partial charge >= 0.3 is 0 Å². The molecule has 0 bridgehead atoms. The summed E-state index contributed by atoms with van der Waals surface area (Å²) >= 11 is 0. The Labute approximate surface area is 90.2 Å². The van der Waals surface area contributed by atoms with Crippen molar-refractivity contribution in [1.82, 2.24) is 0 Å². The lowest BCUT2D eigenvalue weighted by atomic mass is 10.1. The van der Waals surface area contributed by atoms with E-state index in [4.69, 9.17) is 15.2 Å². The first-order valence-electron chi connectivity index (χ1n) is 5.33. The van der Waals surface area contributed by atoms with Crippen LogP contribution in [0.25, 0.3) is 0 Å². The van der Waals surface area contributed by atoms with Crippen molar-refractivity contribution < 1.29 is 9.47 Å². The van der Waals surface area contributed by atoms with Gasteiger partial charge in [0.15, 0.2) is 0 Å². The van der Waals surface area contributed by atoms with Crippen LogP contribution in [0.15, 0.2) is 18.2 Å². The van der Waals surface area contributed by atoms with Crippen LogP contribution in [-0.2, 0) is 11.3 Å². The quantitative estimate of drug-likeness (QED) is 0.819. The van der Waals surface area contributed by atoms with Crippen LogP contribution in [0.3, 0.4) is 0 Å². The fourth-order valence-corrected chi connectivity index (χ4v) is 1.73. The molecule has 1 aromatic rings. The average molecular weight is 207 g/mol. The zero-order valence-corrected chi connectivity index (χ0v) is 9.03. The summed E-state index contributed by atoms with van der Waals surface area (Å²) in [6.45, 7) is 4.06. The molecule has 82 valence electrons. The second kappa shape index (κ2) is 4.64. The van der Waals surface area contributed by atoms with E-state index in [1.807, 2.05) is 12.1 Å². The smallest absolute Gasteiger partial charge is 0.124 e. The normalized spacial score (nSPS) is 20.5. The van der Waals surface area contributed by atoms with Gasteiger partial charge in [0.1, 0.15) is 11.9 Å². The first-order valence-corrected chi connectivity index (χ1v) is 5.33. The summed E-state index contributed by atoms with van der Waals surface area (Å²) in [6.07, 6.45) is 1.16. The van der Waals surface area contributed by atoms with Gasteiger partial charge < -0.3 is 15.2 Å². The maximum absolute atomic E-state index is 5.87. The first kappa shape index (κ1) is 10.5. The van der Waals surface area contributed by atoms with E-state index in [0.29, 0.717) is 13.2 Å². The summed E-state index contributed by atoms with van der Waals surface area (Å²) in [6, 6.07) is 6.13. The van der Waals surface area contributed by atoms with Crippen LogP contribution in [0.5, 0.6) is 5.75 Å². The Bertz CT molecular complexity index is 332. The van der Waals surface area contributed by atoms with Crippen LogP contribution in [-0.4, -0.2) is 19.3 Å². The van der Waals surface area contributed by atoms with Crippen molar-refractivity contribution in [3.63, 3.8) is 0 Å². The second-order valence-corrected chi connectivity index (χ2v) is 3.92. The Morgan fingerprint density at radius 3 is 3.07 bits per heavy atom. The highest BCUT2D eigenvalue weighted by Crippen LogP contribution is 2.23. The van der Waals surface area contributed by atoms with Crippen LogP contribution in [0.2, 0.25) is 0 Å². The van der Waals surface area contributed by atoms with Gasteiger partial charge in [0.05, 0.1) is 13.2 Å². The molecule has 1 aromatic carbocycles. The summed E-state index contributed by atoms with van der Waals surface area (Å²) in [7, 11) is 0. The SMILES string of the molecule is Cc1ccc(CN)c(O[C@H]2CCOC2)c1. The summed E-state index contributed by atoms with van der Waals surface area (Å²) in [5.74, 6) is 0.910. The Kier molecular flexibility index (Phi) is 3.23. The van der Waals surface area contributed by atoms with E-state index in [9.17, 15) is 0 Å². The maximum Gasteiger partial charge on any atom is 0.124 e. The molecule has 2 N–H and O–H groups in total. The van der Waals surface area contributed by atoms with Crippen molar-refractivity contribution in [1.29, 1.82) is 0 Å². The van der Waals surface area contributed by atoms with E-state index in [-0.39, 0.29) is 6.10 Å². The number of nitrogens with two attached hydrogens (primary N) is 1. The van der Waals surface area contributed by atoms with Crippen LogP contribution in [0.4, 0.5) is 0 Å². The molecule has 2 rings (SSSR count). The lowest BCUT2D eigenvalue weighted by Gasteiger charge is -2.15. The van der Waals surface area contributed by atoms with Gasteiger partial charge in [-0.05, 0) is 18.6 Å². The van der Waals surface area contributed by atoms with Crippen molar-refractivity contribution in [2.45, 2.75) is 26.0 Å². The molecule has 3 nitrogen and oxygen atoms in total. The summed E-state index contributed by atoms with van der Waals surface area (Å²) in [5, 5.41) is 0. The van der Waals surface area contributed by atoms with Gasteiger partial charge in [0.25, 0.3) is 0 Å². The topological polar surface area (TPSA) is 44.5 Å². The molecule has 0 aliphatic carbocycles. The van der Waals surface area contributed by atoms with Crippen LogP contribution < -0.4 is 10.5 Å². The molecule has 0 amide bonds. The molecule has 0 spiro atoms. The molecule has 0 radical (unpaired) electrons. The zero-order chi connectivity index (χ0) is 10.7. The second-order valence-electron chi connectivity index (χ2n) is 3.92. The van der Waals surface area contributed by atoms with E-state index in [1.165, 1.54) is 5.56 Å². The molecule has 15 heavy (non-hydrogen) atoms. The molecule has 0 aromatic heterocycles. The van der Waals surface area contributed by atoms with Gasteiger partial charge in [-0.2, -0.15) is 0 Å². The highest BCUT2D eigenvalue weighted by atomic mass is 16.5. The van der Waals surface area contributed by atoms with Crippen molar-refractivity contribution in [2.24, 2.45) is 5.73 Å². The standard InChI is InChI=1S/C12H17NO2/c1-9-2-3-10(7-13)12(6-9)15-11-4-5-14-8-11/h2-3,6,11H,4-5,7-8,13H2,1H3/t11-/m0/s1. The maximum atomic E-state index is 5.87. The minimum atomic E-state index is 0.192. The van der Waals surface area contributed by atoms with E-state index >= 15 is 0 Å². The Hall–Kier alpha value is -1.06. The molecule has 3 heteroatoms. The number of benzene rings is 1. The predicted octanol–water partition coefficient (Wildman–Crippen LogP) is 1.62. The van der Waals surface area contributed by atoms with Crippen LogP contribution >= 0.6 is 0 Å². The van der Waals surface area contributed by atoms with Gasteiger partial charge in [0, 0.05) is 18.5 Å². The number of rotatable bonds is 3. The van der Waals surface area contributed by atoms with E-state index in [2.05, 4.69) is 13.0 Å². The molecule has 1 heterocycles. The highest BCUT2D eigenvalue weighted by Gasteiger charge is 2.18. The van der Waals surface area contributed by atoms with Gasteiger partial charge in [-0.1, -0.05) is 12.1 Å². The minimum Gasteiger partial charge on any atom is -0.488 e. The fourth-order valence-electron chi connectivity index (χ4n) is 1.73. The van der Waals surface area contributed by atoms with Crippen molar-refractivity contribution in [2.75, 3.05) is 13.2 Å². The molecule has 1 aliphatic heterocycles. The van der Waals surface area contributed by atoms with E-state index in [0.717, 1.165) is 24.3 Å². The lowest BCUT2D eigenvalue weighted by Crippen LogP contribution is -2.17. The number of aryl methyl sites for hydroxylation is 1. The summed E-state index contributed by atoms with van der Waals surface area (Å²) in [5.41, 5.74) is 7.92. The van der Waals surface area contributed by atoms with Gasteiger partial charge in [-0.15, -0.1) is 0 Å². The van der Waals surface area contributed by atoms with Crippen molar-refractivity contribution in [3.05, 3.63) is 29.3 Å². The molecule has 1 atom stereocenters. The van der Waals surface area contributed by atoms with Crippen molar-refractivity contribution >= 4 is 0 Å².